The molecule has 4 aliphatic carbocycles. The molecule has 4 aliphatic rings. The van der Waals surface area contributed by atoms with Crippen molar-refractivity contribution in [1.29, 1.82) is 0 Å². The number of carboxylic acids is 1. The number of aliphatic hydroxyl groups excluding tert-OH is 1. The highest BCUT2D eigenvalue weighted by Gasteiger charge is 2.67. The van der Waals surface area contributed by atoms with Gasteiger partial charge in [0.05, 0.1) is 11.5 Å². The molecule has 1 spiro atoms. The summed E-state index contributed by atoms with van der Waals surface area (Å²) in [5.74, 6) is 1.25. The summed E-state index contributed by atoms with van der Waals surface area (Å²) in [6, 6.07) is 0. The van der Waals surface area contributed by atoms with E-state index in [-0.39, 0.29) is 22.9 Å². The summed E-state index contributed by atoms with van der Waals surface area (Å²) in [5.41, 5.74) is -0.773. The number of aliphatic hydroxyl groups is 1. The third-order valence-electron chi connectivity index (χ3n) is 8.59. The van der Waals surface area contributed by atoms with Crippen molar-refractivity contribution in [2.45, 2.75) is 65.4 Å². The third-order valence-corrected chi connectivity index (χ3v) is 8.59. The molecule has 0 aromatic carbocycles. The molecule has 2 bridgehead atoms. The second-order valence-electron chi connectivity index (χ2n) is 9.51. The number of carboxylic acid groups (broad SMARTS) is 1. The van der Waals surface area contributed by atoms with Gasteiger partial charge in [-0.25, -0.2) is 0 Å². The van der Waals surface area contributed by atoms with Gasteiger partial charge in [0.1, 0.15) is 0 Å². The molecule has 128 valence electrons. The third kappa shape index (κ3) is 1.78. The van der Waals surface area contributed by atoms with Gasteiger partial charge < -0.3 is 10.2 Å². The summed E-state index contributed by atoms with van der Waals surface area (Å²) in [4.78, 5) is 12.0. The Morgan fingerprint density at radius 2 is 1.91 bits per heavy atom. The highest BCUT2D eigenvalue weighted by Crippen LogP contribution is 2.71. The van der Waals surface area contributed by atoms with Crippen molar-refractivity contribution in [3.8, 4) is 0 Å². The monoisotopic (exact) mass is 318 g/mol. The number of fused-ring (bicyclic) bond motifs is 3. The molecule has 3 fully saturated rings. The van der Waals surface area contributed by atoms with Crippen LogP contribution in [0.5, 0.6) is 0 Å². The van der Waals surface area contributed by atoms with Crippen LogP contribution >= 0.6 is 0 Å². The predicted molar refractivity (Wildman–Crippen MR) is 88.8 cm³/mol. The summed E-state index contributed by atoms with van der Waals surface area (Å²) in [6.45, 7) is 6.54. The van der Waals surface area contributed by atoms with Crippen LogP contribution in [0.2, 0.25) is 0 Å². The van der Waals surface area contributed by atoms with Crippen LogP contribution in [-0.2, 0) is 4.79 Å². The van der Waals surface area contributed by atoms with E-state index in [4.69, 9.17) is 0 Å². The molecule has 0 saturated heterocycles. The number of carbonyl (C=O) groups is 1. The van der Waals surface area contributed by atoms with Crippen molar-refractivity contribution >= 4 is 5.97 Å². The van der Waals surface area contributed by atoms with Crippen LogP contribution in [0.15, 0.2) is 12.2 Å². The number of aliphatic carboxylic acids is 1. The molecule has 0 aliphatic heterocycles. The van der Waals surface area contributed by atoms with Crippen molar-refractivity contribution in [3.63, 3.8) is 0 Å². The molecule has 0 heterocycles. The number of hydrogen-bond donors (Lipinski definition) is 2. The van der Waals surface area contributed by atoms with Gasteiger partial charge in [0.15, 0.2) is 0 Å². The first-order valence-electron chi connectivity index (χ1n) is 9.33. The van der Waals surface area contributed by atoms with Crippen LogP contribution in [0.1, 0.15) is 59.3 Å². The van der Waals surface area contributed by atoms with Crippen LogP contribution in [0, 0.1) is 39.9 Å². The van der Waals surface area contributed by atoms with E-state index in [0.717, 1.165) is 25.2 Å². The van der Waals surface area contributed by atoms with Gasteiger partial charge in [-0.15, -0.1) is 0 Å². The molecule has 2 N–H and O–H groups in total. The average Bonchev–Trinajstić information content (AvgIpc) is 2.73. The lowest BCUT2D eigenvalue weighted by Crippen LogP contribution is -2.61. The van der Waals surface area contributed by atoms with Crippen molar-refractivity contribution in [3.05, 3.63) is 12.2 Å². The normalized spacial score (nSPS) is 57.7. The zero-order valence-electron chi connectivity index (χ0n) is 14.6. The summed E-state index contributed by atoms with van der Waals surface area (Å²) in [6.07, 6.45) is 10.0. The van der Waals surface area contributed by atoms with E-state index in [9.17, 15) is 15.0 Å². The fourth-order valence-electron chi connectivity index (χ4n) is 7.45. The molecule has 2 unspecified atom stereocenters. The minimum atomic E-state index is -0.837. The van der Waals surface area contributed by atoms with Gasteiger partial charge in [-0.2, -0.15) is 0 Å². The van der Waals surface area contributed by atoms with Crippen molar-refractivity contribution in [2.75, 3.05) is 0 Å². The minimum Gasteiger partial charge on any atom is -0.481 e. The second kappa shape index (κ2) is 4.62. The lowest BCUT2D eigenvalue weighted by molar-refractivity contribution is -0.190. The van der Waals surface area contributed by atoms with Gasteiger partial charge in [0, 0.05) is 5.41 Å². The smallest absolute Gasteiger partial charge is 0.313 e. The van der Waals surface area contributed by atoms with Crippen molar-refractivity contribution in [2.24, 2.45) is 39.9 Å². The van der Waals surface area contributed by atoms with Gasteiger partial charge in [-0.3, -0.25) is 4.79 Å². The van der Waals surface area contributed by atoms with Crippen LogP contribution < -0.4 is 0 Å². The first kappa shape index (κ1) is 15.7. The maximum Gasteiger partial charge on any atom is 0.313 e. The molecule has 0 aromatic heterocycles. The van der Waals surface area contributed by atoms with Crippen LogP contribution in [0.4, 0.5) is 0 Å². The maximum atomic E-state index is 12.0. The largest absolute Gasteiger partial charge is 0.481 e. The molecule has 8 atom stereocenters. The highest BCUT2D eigenvalue weighted by molar-refractivity contribution is 5.77. The average molecular weight is 318 g/mol. The first-order valence-corrected chi connectivity index (χ1v) is 9.33. The van der Waals surface area contributed by atoms with Crippen molar-refractivity contribution in [1.82, 2.24) is 0 Å². The van der Waals surface area contributed by atoms with E-state index >= 15 is 0 Å². The van der Waals surface area contributed by atoms with E-state index in [2.05, 4.69) is 19.9 Å². The van der Waals surface area contributed by atoms with E-state index in [0.29, 0.717) is 18.3 Å². The SMILES string of the molecule is C[C@@H]1C[C@@]23C[C@H]1CC[C@@H]2[C@@]1(C)CC=CC(C)(C(=O)O)[C@@H]1CC3O. The Hall–Kier alpha value is -0.830. The standard InChI is InChI=1S/C20H30O3/c1-12-10-20-11-13(12)5-6-14(20)18(2)7-4-8-19(3,17(22)23)15(18)9-16(20)21/h4,8,12-16,21H,5-7,9-11H2,1-3H3,(H,22,23)/t12-,13-,14-,15-,16?,18-,19?,20-/m1/s1. The topological polar surface area (TPSA) is 57.5 Å². The lowest BCUT2D eigenvalue weighted by Gasteiger charge is -2.63. The fourth-order valence-corrected chi connectivity index (χ4v) is 7.45. The Balaban J connectivity index is 1.81. The fraction of sp³-hybridized carbons (Fsp3) is 0.850. The predicted octanol–water partition coefficient (Wildman–Crippen LogP) is 3.87. The molecule has 4 rings (SSSR count). The molecule has 3 saturated carbocycles. The Kier molecular flexibility index (Phi) is 3.15. The number of allylic oxidation sites excluding steroid dienone is 1. The Morgan fingerprint density at radius 1 is 1.17 bits per heavy atom. The maximum absolute atomic E-state index is 12.0. The lowest BCUT2D eigenvalue weighted by atomic mass is 9.41. The van der Waals surface area contributed by atoms with Gasteiger partial charge in [0.25, 0.3) is 0 Å². The number of hydrogen-bond acceptors (Lipinski definition) is 2. The molecular weight excluding hydrogens is 288 g/mol. The van der Waals surface area contributed by atoms with E-state index in [1.54, 1.807) is 0 Å². The Bertz CT molecular complexity index is 565. The molecular formula is C20H30O3. The molecule has 0 aromatic rings. The van der Waals surface area contributed by atoms with Gasteiger partial charge in [-0.1, -0.05) is 26.0 Å². The van der Waals surface area contributed by atoms with Crippen LogP contribution in [0.25, 0.3) is 0 Å². The molecule has 0 radical (unpaired) electrons. The second-order valence-corrected chi connectivity index (χ2v) is 9.51. The Labute approximate surface area is 139 Å². The van der Waals surface area contributed by atoms with Crippen LogP contribution in [-0.4, -0.2) is 22.3 Å². The van der Waals surface area contributed by atoms with E-state index < -0.39 is 11.4 Å². The summed E-state index contributed by atoms with van der Waals surface area (Å²) < 4.78 is 0. The number of rotatable bonds is 1. The van der Waals surface area contributed by atoms with Gasteiger partial charge >= 0.3 is 5.97 Å². The van der Waals surface area contributed by atoms with E-state index in [1.165, 1.54) is 12.8 Å². The summed E-state index contributed by atoms with van der Waals surface area (Å²) >= 11 is 0. The molecule has 3 nitrogen and oxygen atoms in total. The van der Waals surface area contributed by atoms with Gasteiger partial charge in [0.2, 0.25) is 0 Å². The summed E-state index contributed by atoms with van der Waals surface area (Å²) in [7, 11) is 0. The quantitative estimate of drug-likeness (QED) is 0.722. The van der Waals surface area contributed by atoms with Crippen molar-refractivity contribution < 1.29 is 15.0 Å². The molecule has 23 heavy (non-hydrogen) atoms. The minimum absolute atomic E-state index is 0.0101. The first-order chi connectivity index (χ1) is 10.7. The summed E-state index contributed by atoms with van der Waals surface area (Å²) in [5, 5.41) is 21.0. The zero-order valence-corrected chi connectivity index (χ0v) is 14.6. The van der Waals surface area contributed by atoms with E-state index in [1.807, 2.05) is 13.0 Å². The highest BCUT2D eigenvalue weighted by atomic mass is 16.4. The zero-order chi connectivity index (χ0) is 16.6. The molecule has 3 heteroatoms. The molecule has 0 amide bonds. The Morgan fingerprint density at radius 3 is 2.61 bits per heavy atom. The van der Waals surface area contributed by atoms with Crippen LogP contribution in [0.3, 0.4) is 0 Å². The van der Waals surface area contributed by atoms with Gasteiger partial charge in [-0.05, 0) is 74.5 Å².